The van der Waals surface area contributed by atoms with Crippen molar-refractivity contribution < 1.29 is 57.5 Å². The summed E-state index contributed by atoms with van der Waals surface area (Å²) >= 11 is 0. The molecule has 418 valence electrons. The second-order valence-electron chi connectivity index (χ2n) is 18.6. The van der Waals surface area contributed by atoms with Crippen LogP contribution in [0.3, 0.4) is 0 Å². The van der Waals surface area contributed by atoms with E-state index in [-0.39, 0.29) is 95.9 Å². The van der Waals surface area contributed by atoms with Gasteiger partial charge in [0.2, 0.25) is 23.6 Å². The number of hydrogen-bond acceptors (Lipinski definition) is 14. The second-order valence-corrected chi connectivity index (χ2v) is 18.6. The Morgan fingerprint density at radius 3 is 1.08 bits per heavy atom. The molecule has 0 aliphatic carbocycles. The minimum absolute atomic E-state index is 0.00625. The average molecular weight is 1040 g/mol. The van der Waals surface area contributed by atoms with Crippen molar-refractivity contribution in [3.8, 4) is 0 Å². The van der Waals surface area contributed by atoms with Crippen molar-refractivity contribution >= 4 is 47.5 Å². The van der Waals surface area contributed by atoms with Crippen molar-refractivity contribution in [3.63, 3.8) is 0 Å². The Morgan fingerprint density at radius 2 is 0.795 bits per heavy atom. The van der Waals surface area contributed by atoms with Gasteiger partial charge in [0.25, 0.3) is 0 Å². The van der Waals surface area contributed by atoms with Gasteiger partial charge in [-0.25, -0.2) is 0 Å². The smallest absolute Gasteiger partial charge is 0.303 e. The molecular weight excluding hydrogens is 951 g/mol. The summed E-state index contributed by atoms with van der Waals surface area (Å²) in [5.74, 6) is 0.498. The maximum absolute atomic E-state index is 13.4. The number of carbonyl (C=O) groups is 5. The summed E-state index contributed by atoms with van der Waals surface area (Å²) in [6.07, 6.45) is 1.83. The maximum Gasteiger partial charge on any atom is 0.303 e. The fourth-order valence-electron chi connectivity index (χ4n) is 7.87. The normalized spacial score (nSPS) is 16.0. The summed E-state index contributed by atoms with van der Waals surface area (Å²) in [5.41, 5.74) is -1.32. The van der Waals surface area contributed by atoms with Gasteiger partial charge in [0.1, 0.15) is 5.54 Å². The topological polar surface area (TPSA) is 266 Å². The van der Waals surface area contributed by atoms with E-state index in [1.165, 1.54) is 0 Å². The quantitative estimate of drug-likeness (QED) is 0.0294. The van der Waals surface area contributed by atoms with E-state index >= 15 is 0 Å². The van der Waals surface area contributed by atoms with E-state index in [1.807, 2.05) is 57.0 Å². The molecule has 3 heterocycles. The number of morpholine rings is 3. The van der Waals surface area contributed by atoms with Crippen LogP contribution in [0.4, 0.5) is 0 Å². The molecule has 0 aromatic carbocycles. The van der Waals surface area contributed by atoms with Crippen molar-refractivity contribution in [2.45, 2.75) is 63.3 Å². The van der Waals surface area contributed by atoms with Crippen LogP contribution in [0.25, 0.3) is 0 Å². The van der Waals surface area contributed by atoms with Gasteiger partial charge in [-0.05, 0) is 25.7 Å². The summed E-state index contributed by atoms with van der Waals surface area (Å²) in [5, 5.41) is 20.9. The van der Waals surface area contributed by atoms with E-state index in [1.54, 1.807) is 0 Å². The van der Waals surface area contributed by atoms with Crippen LogP contribution in [-0.4, -0.2) is 288 Å². The minimum Gasteiger partial charge on any atom is -0.481 e. The van der Waals surface area contributed by atoms with Gasteiger partial charge in [0.05, 0.1) is 79.3 Å². The zero-order chi connectivity index (χ0) is 53.1. The Hall–Kier alpha value is -5.08. The molecule has 73 heavy (non-hydrogen) atoms. The number of aliphatic carboxylic acids is 1. The monoisotopic (exact) mass is 1040 g/mol. The fraction of sp³-hybridized carbons (Fsp3) is 0.833. The average Bonchev–Trinajstić information content (AvgIpc) is 3.36. The number of rotatable bonds is 32. The van der Waals surface area contributed by atoms with Crippen LogP contribution in [0, 0.1) is 0 Å². The number of carbonyl (C=O) groups excluding carboxylic acids is 4. The van der Waals surface area contributed by atoms with E-state index in [2.05, 4.69) is 36.0 Å². The van der Waals surface area contributed by atoms with Crippen molar-refractivity contribution in [1.29, 1.82) is 0 Å². The summed E-state index contributed by atoms with van der Waals surface area (Å²) < 4.78 is 34.5. The van der Waals surface area contributed by atoms with Gasteiger partial charge < -0.3 is 84.2 Å². The number of carboxylic acids is 1. The van der Waals surface area contributed by atoms with Crippen LogP contribution in [0.5, 0.6) is 0 Å². The van der Waals surface area contributed by atoms with Crippen molar-refractivity contribution in [2.24, 2.45) is 15.0 Å². The number of amides is 4. The molecule has 3 aliphatic heterocycles. The van der Waals surface area contributed by atoms with Gasteiger partial charge in [-0.1, -0.05) is 0 Å². The molecule has 0 spiro atoms. The molecule has 3 rings (SSSR count). The van der Waals surface area contributed by atoms with Crippen LogP contribution in [-0.2, 0) is 52.4 Å². The third-order valence-electron chi connectivity index (χ3n) is 11.6. The van der Waals surface area contributed by atoms with Crippen molar-refractivity contribution in [1.82, 2.24) is 50.7 Å². The number of ether oxygens (including phenoxy) is 6. The van der Waals surface area contributed by atoms with Crippen LogP contribution >= 0.6 is 0 Å². The van der Waals surface area contributed by atoms with Gasteiger partial charge in [0, 0.05) is 153 Å². The molecule has 25 heteroatoms. The predicted molar refractivity (Wildman–Crippen MR) is 277 cm³/mol. The van der Waals surface area contributed by atoms with Gasteiger partial charge in [-0.15, -0.1) is 0 Å². The zero-order valence-corrected chi connectivity index (χ0v) is 44.8. The molecule has 0 aromatic heterocycles. The lowest BCUT2D eigenvalue weighted by atomic mass is 10.0. The standard InChI is InChI=1S/C48H89N13O12/c1-56(2)45(59-22-31-68-32-23-59)52-19-8-16-49-40(62)13-28-71-37-48(55-43(65)11-7-12-44(66)67,38-72-29-14-41(63)50-17-9-20-53-46(57(3)4)60-24-33-69-34-25-60)39-73-30-15-42(64)51-18-10-21-54-47(58(5)6)61-26-35-70-36-27-61/h7-39H2,1-6H3,(H,49,62)(H,50,63)(H,51,64)(H,55,65)(H,66,67)/b52-45+,53-46+,54-47+. The Bertz CT molecular complexity index is 1540. The van der Waals surface area contributed by atoms with Crippen LogP contribution in [0.2, 0.25) is 0 Å². The minimum atomic E-state index is -1.32. The molecular formula is C48H89N13O12. The van der Waals surface area contributed by atoms with Gasteiger partial charge in [-0.3, -0.25) is 38.9 Å². The summed E-state index contributed by atoms with van der Waals surface area (Å²) in [6.45, 7) is 11.0. The van der Waals surface area contributed by atoms with Crippen LogP contribution in [0.1, 0.15) is 57.8 Å². The first kappa shape index (κ1) is 62.2. The third-order valence-corrected chi connectivity index (χ3v) is 11.6. The van der Waals surface area contributed by atoms with Crippen LogP contribution < -0.4 is 21.3 Å². The number of guanidine groups is 3. The van der Waals surface area contributed by atoms with Crippen LogP contribution in [0.15, 0.2) is 15.0 Å². The Balaban J connectivity index is 1.57. The second kappa shape index (κ2) is 36.8. The first-order chi connectivity index (χ1) is 35.2. The summed E-state index contributed by atoms with van der Waals surface area (Å²) in [6, 6.07) is 0. The summed E-state index contributed by atoms with van der Waals surface area (Å²) in [7, 11) is 11.7. The van der Waals surface area contributed by atoms with E-state index in [0.717, 1.165) is 57.1 Å². The van der Waals surface area contributed by atoms with E-state index in [0.29, 0.717) is 98.2 Å². The van der Waals surface area contributed by atoms with E-state index < -0.39 is 17.4 Å². The lowest BCUT2D eigenvalue weighted by Gasteiger charge is -2.34. The van der Waals surface area contributed by atoms with E-state index in [9.17, 15) is 29.1 Å². The lowest BCUT2D eigenvalue weighted by molar-refractivity contribution is -0.137. The molecule has 3 saturated heterocycles. The highest BCUT2D eigenvalue weighted by Gasteiger charge is 2.34. The highest BCUT2D eigenvalue weighted by Crippen LogP contribution is 2.13. The number of nitrogens with zero attached hydrogens (tertiary/aromatic N) is 9. The molecule has 0 bridgehead atoms. The van der Waals surface area contributed by atoms with Crippen molar-refractivity contribution in [3.05, 3.63) is 0 Å². The van der Waals surface area contributed by atoms with Crippen molar-refractivity contribution in [2.75, 3.05) is 200 Å². The fourth-order valence-corrected chi connectivity index (χ4v) is 7.87. The molecule has 25 nitrogen and oxygen atoms in total. The molecule has 0 unspecified atom stereocenters. The predicted octanol–water partition coefficient (Wildman–Crippen LogP) is -1.42. The molecule has 3 fully saturated rings. The molecule has 0 aromatic rings. The molecule has 4 amide bonds. The number of nitrogens with one attached hydrogen (secondary N) is 4. The number of carboxylic acid groups (broad SMARTS) is 1. The van der Waals surface area contributed by atoms with Gasteiger partial charge in [0.15, 0.2) is 17.9 Å². The zero-order valence-electron chi connectivity index (χ0n) is 44.8. The first-order valence-electron chi connectivity index (χ1n) is 25.9. The number of aliphatic imine (C=N–C) groups is 3. The third kappa shape index (κ3) is 27.2. The number of hydrogen-bond donors (Lipinski definition) is 5. The molecule has 0 radical (unpaired) electrons. The van der Waals surface area contributed by atoms with E-state index in [4.69, 9.17) is 43.4 Å². The molecule has 3 aliphatic rings. The summed E-state index contributed by atoms with van der Waals surface area (Å²) in [4.78, 5) is 89.9. The first-order valence-corrected chi connectivity index (χ1v) is 25.9. The molecule has 0 saturated carbocycles. The van der Waals surface area contributed by atoms with Gasteiger partial charge >= 0.3 is 5.97 Å². The highest BCUT2D eigenvalue weighted by atomic mass is 16.5. The molecule has 5 N–H and O–H groups in total. The SMILES string of the molecule is CN(C)/C(=N\CCCNC(=O)CCOCC(COCCC(=O)NCCC/N=C(\N(C)C)N1CCOCC1)(COCCC(=O)NCCC/N=C(\N(C)C)N1CCOCC1)NC(=O)CCCC(=O)O)N1CCOCC1. The Kier molecular flexibility index (Phi) is 31.3. The molecule has 0 atom stereocenters. The highest BCUT2D eigenvalue weighted by molar-refractivity contribution is 5.81. The maximum atomic E-state index is 13.4. The Labute approximate surface area is 433 Å². The lowest BCUT2D eigenvalue weighted by Crippen LogP contribution is -2.58. The largest absolute Gasteiger partial charge is 0.481 e. The van der Waals surface area contributed by atoms with Gasteiger partial charge in [-0.2, -0.15) is 0 Å². The Morgan fingerprint density at radius 1 is 0.479 bits per heavy atom.